The normalized spacial score (nSPS) is 11.8. The first-order chi connectivity index (χ1) is 9.47. The van der Waals surface area contributed by atoms with Crippen molar-refractivity contribution in [3.8, 4) is 0 Å². The quantitative estimate of drug-likeness (QED) is 0.650. The fraction of sp³-hybridized carbons (Fsp3) is 0.133. The molecular formula is C15H13F3N2. The Hall–Kier alpha value is -2.30. The van der Waals surface area contributed by atoms with Crippen molar-refractivity contribution in [2.75, 3.05) is 5.43 Å². The van der Waals surface area contributed by atoms with Gasteiger partial charge in [-0.1, -0.05) is 30.3 Å². The molecule has 0 saturated carbocycles. The van der Waals surface area contributed by atoms with Crippen LogP contribution in [0, 0.1) is 6.92 Å². The Morgan fingerprint density at radius 1 is 1.05 bits per heavy atom. The van der Waals surface area contributed by atoms with Gasteiger partial charge in [0.15, 0.2) is 0 Å². The van der Waals surface area contributed by atoms with Crippen molar-refractivity contribution in [2.45, 2.75) is 13.1 Å². The van der Waals surface area contributed by atoms with E-state index in [-0.39, 0.29) is 5.56 Å². The van der Waals surface area contributed by atoms with Crippen LogP contribution >= 0.6 is 0 Å². The number of benzene rings is 2. The van der Waals surface area contributed by atoms with Gasteiger partial charge in [-0.2, -0.15) is 18.3 Å². The van der Waals surface area contributed by atoms with Gasteiger partial charge in [0.05, 0.1) is 17.5 Å². The van der Waals surface area contributed by atoms with E-state index in [2.05, 4.69) is 10.5 Å². The Bertz CT molecular complexity index is 619. The summed E-state index contributed by atoms with van der Waals surface area (Å²) in [5.74, 6) is 0. The van der Waals surface area contributed by atoms with E-state index in [1.54, 1.807) is 12.1 Å². The van der Waals surface area contributed by atoms with Gasteiger partial charge in [0.1, 0.15) is 0 Å². The second-order valence-electron chi connectivity index (χ2n) is 4.32. The molecule has 0 amide bonds. The lowest BCUT2D eigenvalue weighted by molar-refractivity contribution is -0.137. The van der Waals surface area contributed by atoms with Gasteiger partial charge >= 0.3 is 6.18 Å². The van der Waals surface area contributed by atoms with Crippen LogP contribution in [0.3, 0.4) is 0 Å². The molecule has 0 aliphatic rings. The van der Waals surface area contributed by atoms with Gasteiger partial charge < -0.3 is 0 Å². The van der Waals surface area contributed by atoms with Crippen LogP contribution in [0.4, 0.5) is 18.9 Å². The van der Waals surface area contributed by atoms with Gasteiger partial charge in [0.2, 0.25) is 0 Å². The van der Waals surface area contributed by atoms with E-state index >= 15 is 0 Å². The molecule has 0 radical (unpaired) electrons. The predicted molar refractivity (Wildman–Crippen MR) is 73.8 cm³/mol. The maximum absolute atomic E-state index is 12.8. The molecule has 2 rings (SSSR count). The predicted octanol–water partition coefficient (Wildman–Crippen LogP) is 4.46. The third-order valence-corrected chi connectivity index (χ3v) is 2.68. The number of halogens is 3. The van der Waals surface area contributed by atoms with E-state index in [1.165, 1.54) is 18.3 Å². The highest BCUT2D eigenvalue weighted by atomic mass is 19.4. The Labute approximate surface area is 114 Å². The molecule has 0 unspecified atom stereocenters. The number of rotatable bonds is 3. The van der Waals surface area contributed by atoms with E-state index in [0.717, 1.165) is 17.3 Å². The SMILES string of the molecule is Cc1cccc(N/N=C\c2ccccc2C(F)(F)F)c1. The number of hydrogen-bond acceptors (Lipinski definition) is 2. The number of anilines is 1. The molecule has 20 heavy (non-hydrogen) atoms. The molecule has 0 aromatic heterocycles. The highest BCUT2D eigenvalue weighted by Gasteiger charge is 2.32. The molecule has 0 bridgehead atoms. The second-order valence-corrected chi connectivity index (χ2v) is 4.32. The molecule has 0 heterocycles. The summed E-state index contributed by atoms with van der Waals surface area (Å²) in [7, 11) is 0. The van der Waals surface area contributed by atoms with Crippen molar-refractivity contribution >= 4 is 11.9 Å². The maximum atomic E-state index is 12.8. The standard InChI is InChI=1S/C15H13F3N2/c1-11-5-4-7-13(9-11)20-19-10-12-6-2-3-8-14(12)15(16,17)18/h2-10,20H,1H3/b19-10-. The van der Waals surface area contributed by atoms with Gasteiger partial charge in [-0.05, 0) is 30.7 Å². The second kappa shape index (κ2) is 5.77. The summed E-state index contributed by atoms with van der Waals surface area (Å²) in [6, 6.07) is 12.7. The van der Waals surface area contributed by atoms with E-state index in [0.29, 0.717) is 0 Å². The van der Waals surface area contributed by atoms with Crippen LogP contribution in [0.25, 0.3) is 0 Å². The molecule has 0 aliphatic carbocycles. The summed E-state index contributed by atoms with van der Waals surface area (Å²) < 4.78 is 38.3. The summed E-state index contributed by atoms with van der Waals surface area (Å²) in [6.07, 6.45) is -3.21. The minimum Gasteiger partial charge on any atom is -0.278 e. The summed E-state index contributed by atoms with van der Waals surface area (Å²) in [4.78, 5) is 0. The van der Waals surface area contributed by atoms with Crippen LogP contribution in [0.5, 0.6) is 0 Å². The number of alkyl halides is 3. The van der Waals surface area contributed by atoms with Crippen molar-refractivity contribution in [1.29, 1.82) is 0 Å². The number of nitrogens with one attached hydrogen (secondary N) is 1. The number of nitrogens with zero attached hydrogens (tertiary/aromatic N) is 1. The summed E-state index contributed by atoms with van der Waals surface area (Å²) in [5.41, 5.74) is 3.81. The average molecular weight is 278 g/mol. The monoisotopic (exact) mass is 278 g/mol. The van der Waals surface area contributed by atoms with E-state index < -0.39 is 11.7 Å². The minimum atomic E-state index is -4.38. The van der Waals surface area contributed by atoms with E-state index in [1.807, 2.05) is 25.1 Å². The van der Waals surface area contributed by atoms with Crippen molar-refractivity contribution in [2.24, 2.45) is 5.10 Å². The summed E-state index contributed by atoms with van der Waals surface area (Å²) >= 11 is 0. The van der Waals surface area contributed by atoms with Crippen LogP contribution in [0.15, 0.2) is 53.6 Å². The maximum Gasteiger partial charge on any atom is 0.417 e. The summed E-state index contributed by atoms with van der Waals surface area (Å²) in [5, 5.41) is 3.85. The molecule has 2 aromatic rings. The fourth-order valence-corrected chi connectivity index (χ4v) is 1.76. The molecule has 5 heteroatoms. The van der Waals surface area contributed by atoms with Crippen molar-refractivity contribution in [3.05, 3.63) is 65.2 Å². The van der Waals surface area contributed by atoms with Crippen LogP contribution < -0.4 is 5.43 Å². The third kappa shape index (κ3) is 3.60. The molecule has 0 fully saturated rings. The molecular weight excluding hydrogens is 265 g/mol. The van der Waals surface area contributed by atoms with Gasteiger partial charge in [0.25, 0.3) is 0 Å². The first-order valence-corrected chi connectivity index (χ1v) is 5.99. The molecule has 1 N–H and O–H groups in total. The molecule has 2 aromatic carbocycles. The Morgan fingerprint density at radius 3 is 2.50 bits per heavy atom. The zero-order valence-electron chi connectivity index (χ0n) is 10.8. The summed E-state index contributed by atoms with van der Waals surface area (Å²) in [6.45, 7) is 1.92. The van der Waals surface area contributed by atoms with Crippen LogP contribution in [0.1, 0.15) is 16.7 Å². The van der Waals surface area contributed by atoms with Gasteiger partial charge in [-0.25, -0.2) is 0 Å². The van der Waals surface area contributed by atoms with E-state index in [9.17, 15) is 13.2 Å². The Balaban J connectivity index is 2.16. The highest BCUT2D eigenvalue weighted by Crippen LogP contribution is 2.31. The lowest BCUT2D eigenvalue weighted by Crippen LogP contribution is -2.08. The molecule has 2 nitrogen and oxygen atoms in total. The molecule has 0 atom stereocenters. The lowest BCUT2D eigenvalue weighted by Gasteiger charge is -2.09. The first kappa shape index (κ1) is 14.1. The van der Waals surface area contributed by atoms with Crippen LogP contribution in [-0.4, -0.2) is 6.21 Å². The molecule has 104 valence electrons. The smallest absolute Gasteiger partial charge is 0.278 e. The van der Waals surface area contributed by atoms with E-state index in [4.69, 9.17) is 0 Å². The topological polar surface area (TPSA) is 24.4 Å². The minimum absolute atomic E-state index is 0.0279. The van der Waals surface area contributed by atoms with Crippen LogP contribution in [-0.2, 0) is 6.18 Å². The van der Waals surface area contributed by atoms with Gasteiger partial charge in [-0.15, -0.1) is 0 Å². The zero-order chi connectivity index (χ0) is 14.6. The largest absolute Gasteiger partial charge is 0.417 e. The van der Waals surface area contributed by atoms with Gasteiger partial charge in [-0.3, -0.25) is 5.43 Å². The Kier molecular flexibility index (Phi) is 4.08. The van der Waals surface area contributed by atoms with Crippen LogP contribution in [0.2, 0.25) is 0 Å². The van der Waals surface area contributed by atoms with Crippen molar-refractivity contribution in [3.63, 3.8) is 0 Å². The average Bonchev–Trinajstić information content (AvgIpc) is 2.38. The zero-order valence-corrected chi connectivity index (χ0v) is 10.8. The molecule has 0 spiro atoms. The highest BCUT2D eigenvalue weighted by molar-refractivity contribution is 5.82. The fourth-order valence-electron chi connectivity index (χ4n) is 1.76. The molecule has 0 saturated heterocycles. The number of hydrazone groups is 1. The number of aryl methyl sites for hydroxylation is 1. The molecule has 0 aliphatic heterocycles. The lowest BCUT2D eigenvalue weighted by atomic mass is 10.1. The van der Waals surface area contributed by atoms with Gasteiger partial charge in [0, 0.05) is 5.56 Å². The third-order valence-electron chi connectivity index (χ3n) is 2.68. The Morgan fingerprint density at radius 2 is 1.80 bits per heavy atom. The number of hydrogen-bond donors (Lipinski definition) is 1. The van der Waals surface area contributed by atoms with Crippen molar-refractivity contribution in [1.82, 2.24) is 0 Å². The first-order valence-electron chi connectivity index (χ1n) is 5.99. The van der Waals surface area contributed by atoms with Crippen molar-refractivity contribution < 1.29 is 13.2 Å².